The maximum Gasteiger partial charge on any atom is 0.298 e. The predicted molar refractivity (Wildman–Crippen MR) is 82.0 cm³/mol. The van der Waals surface area contributed by atoms with Crippen molar-refractivity contribution in [2.24, 2.45) is 0 Å². The normalized spacial score (nSPS) is 20.7. The predicted octanol–water partition coefficient (Wildman–Crippen LogP) is 3.94. The lowest BCUT2D eigenvalue weighted by Crippen LogP contribution is -2.29. The van der Waals surface area contributed by atoms with Gasteiger partial charge in [0.25, 0.3) is 6.01 Å². The molecule has 1 aromatic heterocycles. The molecule has 0 N–H and O–H groups in total. The summed E-state index contributed by atoms with van der Waals surface area (Å²) in [6, 6.07) is 8.80. The first-order chi connectivity index (χ1) is 9.36. The summed E-state index contributed by atoms with van der Waals surface area (Å²) in [5.41, 5.74) is 1.85. The Kier molecular flexibility index (Phi) is 3.97. The van der Waals surface area contributed by atoms with Crippen molar-refractivity contribution in [3.05, 3.63) is 24.3 Å². The molecule has 102 valence electrons. The molecule has 1 aromatic carbocycles. The molecule has 0 bridgehead atoms. The molecule has 1 aliphatic rings. The van der Waals surface area contributed by atoms with Crippen LogP contribution in [0.4, 0.5) is 6.01 Å². The van der Waals surface area contributed by atoms with Gasteiger partial charge in [0.1, 0.15) is 5.52 Å². The minimum atomic E-state index is 0.711. The summed E-state index contributed by atoms with van der Waals surface area (Å²) in [5, 5.41) is 0.711. The fraction of sp³-hybridized carbons (Fsp3) is 0.533. The maximum absolute atomic E-state index is 5.90. The number of benzene rings is 1. The van der Waals surface area contributed by atoms with E-state index in [4.69, 9.17) is 4.42 Å². The van der Waals surface area contributed by atoms with Crippen LogP contribution in [0.5, 0.6) is 0 Å². The largest absolute Gasteiger partial charge is 0.423 e. The molecule has 1 aliphatic heterocycles. The van der Waals surface area contributed by atoms with Gasteiger partial charge in [-0.25, -0.2) is 0 Å². The van der Waals surface area contributed by atoms with Crippen molar-refractivity contribution in [1.82, 2.24) is 4.98 Å². The number of oxazole rings is 1. The zero-order valence-electron chi connectivity index (χ0n) is 11.3. The van der Waals surface area contributed by atoms with Crippen molar-refractivity contribution in [1.29, 1.82) is 0 Å². The first-order valence-corrected chi connectivity index (χ1v) is 8.14. The zero-order valence-corrected chi connectivity index (χ0v) is 12.2. The van der Waals surface area contributed by atoms with Crippen molar-refractivity contribution in [3.63, 3.8) is 0 Å². The highest BCUT2D eigenvalue weighted by molar-refractivity contribution is 7.99. The van der Waals surface area contributed by atoms with E-state index in [-0.39, 0.29) is 0 Å². The highest BCUT2D eigenvalue weighted by Gasteiger charge is 2.21. The van der Waals surface area contributed by atoms with E-state index in [9.17, 15) is 0 Å². The van der Waals surface area contributed by atoms with Crippen molar-refractivity contribution >= 4 is 28.9 Å². The molecule has 1 unspecified atom stereocenters. The molecule has 2 aromatic rings. The number of anilines is 1. The van der Waals surface area contributed by atoms with Gasteiger partial charge in [0.2, 0.25) is 0 Å². The summed E-state index contributed by atoms with van der Waals surface area (Å²) in [6.45, 7) is 4.36. The van der Waals surface area contributed by atoms with E-state index in [1.165, 1.54) is 25.0 Å². The van der Waals surface area contributed by atoms with Gasteiger partial charge in [-0.1, -0.05) is 25.5 Å². The number of aromatic nitrogens is 1. The summed E-state index contributed by atoms with van der Waals surface area (Å²) in [6.07, 6.45) is 3.86. The molecule has 1 fully saturated rings. The molecular weight excluding hydrogens is 256 g/mol. The van der Waals surface area contributed by atoms with Gasteiger partial charge < -0.3 is 9.32 Å². The van der Waals surface area contributed by atoms with Gasteiger partial charge in [0.05, 0.1) is 0 Å². The zero-order chi connectivity index (χ0) is 13.1. The van der Waals surface area contributed by atoms with Gasteiger partial charge >= 0.3 is 0 Å². The average molecular weight is 276 g/mol. The van der Waals surface area contributed by atoms with Crippen LogP contribution in [-0.2, 0) is 0 Å². The minimum absolute atomic E-state index is 0.711. The first-order valence-electron chi connectivity index (χ1n) is 7.09. The van der Waals surface area contributed by atoms with Crippen LogP contribution >= 0.6 is 11.8 Å². The monoisotopic (exact) mass is 276 g/mol. The molecule has 4 heteroatoms. The summed E-state index contributed by atoms with van der Waals surface area (Å²) in [4.78, 5) is 6.94. The molecule has 3 nitrogen and oxygen atoms in total. The Morgan fingerprint density at radius 1 is 1.37 bits per heavy atom. The SMILES string of the molecule is CCSC1CCCCN(c2nc3ccccc3o2)C1. The van der Waals surface area contributed by atoms with E-state index >= 15 is 0 Å². The Morgan fingerprint density at radius 3 is 3.11 bits per heavy atom. The summed E-state index contributed by atoms with van der Waals surface area (Å²) >= 11 is 2.06. The number of thioether (sulfide) groups is 1. The second kappa shape index (κ2) is 5.87. The number of para-hydroxylation sites is 2. The number of fused-ring (bicyclic) bond motifs is 1. The number of hydrogen-bond donors (Lipinski definition) is 0. The Hall–Kier alpha value is -1.16. The molecule has 3 rings (SSSR count). The fourth-order valence-electron chi connectivity index (χ4n) is 2.64. The second-order valence-corrected chi connectivity index (χ2v) is 6.56. The van der Waals surface area contributed by atoms with Gasteiger partial charge in [0.15, 0.2) is 5.58 Å². The lowest BCUT2D eigenvalue weighted by Gasteiger charge is -2.22. The van der Waals surface area contributed by atoms with E-state index in [1.54, 1.807) is 0 Å². The van der Waals surface area contributed by atoms with E-state index in [0.717, 1.165) is 30.2 Å². The number of hydrogen-bond acceptors (Lipinski definition) is 4. The van der Waals surface area contributed by atoms with Crippen LogP contribution < -0.4 is 4.90 Å². The number of nitrogens with zero attached hydrogens (tertiary/aromatic N) is 2. The summed E-state index contributed by atoms with van der Waals surface area (Å²) in [7, 11) is 0. The molecule has 1 atom stereocenters. The van der Waals surface area contributed by atoms with Gasteiger partial charge in [-0.05, 0) is 30.7 Å². The molecule has 0 saturated carbocycles. The van der Waals surface area contributed by atoms with Crippen LogP contribution in [0.1, 0.15) is 26.2 Å². The van der Waals surface area contributed by atoms with Crippen LogP contribution in [0, 0.1) is 0 Å². The van der Waals surface area contributed by atoms with Gasteiger partial charge in [0, 0.05) is 18.3 Å². The molecule has 2 heterocycles. The Bertz CT molecular complexity index is 507. The van der Waals surface area contributed by atoms with Crippen molar-refractivity contribution in [3.8, 4) is 0 Å². The van der Waals surface area contributed by atoms with Crippen LogP contribution in [0.2, 0.25) is 0 Å². The minimum Gasteiger partial charge on any atom is -0.423 e. The highest BCUT2D eigenvalue weighted by atomic mass is 32.2. The molecule has 0 radical (unpaired) electrons. The third-order valence-electron chi connectivity index (χ3n) is 3.58. The van der Waals surface area contributed by atoms with E-state index in [0.29, 0.717) is 5.25 Å². The van der Waals surface area contributed by atoms with Crippen LogP contribution in [0.15, 0.2) is 28.7 Å². The first kappa shape index (κ1) is 12.9. The highest BCUT2D eigenvalue weighted by Crippen LogP contribution is 2.27. The summed E-state index contributed by atoms with van der Waals surface area (Å²) in [5.74, 6) is 1.19. The van der Waals surface area contributed by atoms with Crippen LogP contribution in [-0.4, -0.2) is 29.1 Å². The van der Waals surface area contributed by atoms with Crippen molar-refractivity contribution < 1.29 is 4.42 Å². The number of rotatable bonds is 3. The topological polar surface area (TPSA) is 29.3 Å². The average Bonchev–Trinajstić information content (AvgIpc) is 2.72. The van der Waals surface area contributed by atoms with Crippen LogP contribution in [0.3, 0.4) is 0 Å². The third-order valence-corrected chi connectivity index (χ3v) is 4.77. The standard InChI is InChI=1S/C15H20N2OS/c1-2-19-12-7-5-6-10-17(11-12)15-16-13-8-3-4-9-14(13)18-15/h3-4,8-9,12H,2,5-7,10-11H2,1H3. The molecule has 19 heavy (non-hydrogen) atoms. The second-order valence-electron chi connectivity index (χ2n) is 4.98. The van der Waals surface area contributed by atoms with Crippen molar-refractivity contribution in [2.75, 3.05) is 23.7 Å². The van der Waals surface area contributed by atoms with Crippen LogP contribution in [0.25, 0.3) is 11.1 Å². The fourth-order valence-corrected chi connectivity index (χ4v) is 3.73. The molecule has 0 spiro atoms. The Balaban J connectivity index is 1.82. The lowest BCUT2D eigenvalue weighted by atomic mass is 10.2. The van der Waals surface area contributed by atoms with E-state index in [1.807, 2.05) is 24.3 Å². The Morgan fingerprint density at radius 2 is 2.26 bits per heavy atom. The summed E-state index contributed by atoms with van der Waals surface area (Å²) < 4.78 is 5.90. The quantitative estimate of drug-likeness (QED) is 0.849. The van der Waals surface area contributed by atoms with Gasteiger partial charge in [-0.3, -0.25) is 0 Å². The molecule has 0 amide bonds. The molecular formula is C15H20N2OS. The van der Waals surface area contributed by atoms with E-state index in [2.05, 4.69) is 28.6 Å². The Labute approximate surface area is 118 Å². The maximum atomic E-state index is 5.90. The van der Waals surface area contributed by atoms with Gasteiger partial charge in [-0.15, -0.1) is 0 Å². The van der Waals surface area contributed by atoms with Crippen molar-refractivity contribution in [2.45, 2.75) is 31.4 Å². The van der Waals surface area contributed by atoms with E-state index < -0.39 is 0 Å². The molecule has 1 saturated heterocycles. The third kappa shape index (κ3) is 2.89. The smallest absolute Gasteiger partial charge is 0.298 e. The molecule has 0 aliphatic carbocycles. The lowest BCUT2D eigenvalue weighted by molar-refractivity contribution is 0.569. The van der Waals surface area contributed by atoms with Gasteiger partial charge in [-0.2, -0.15) is 16.7 Å².